The maximum atomic E-state index is 12.0. The predicted octanol–water partition coefficient (Wildman–Crippen LogP) is 1.26. The van der Waals surface area contributed by atoms with Gasteiger partial charge in [-0.25, -0.2) is 8.42 Å². The van der Waals surface area contributed by atoms with Gasteiger partial charge in [0.05, 0.1) is 16.7 Å². The fraction of sp³-hybridized carbons (Fsp3) is 0. The summed E-state index contributed by atoms with van der Waals surface area (Å²) in [6.45, 7) is 0. The van der Waals surface area contributed by atoms with Crippen molar-refractivity contribution in [2.75, 3.05) is 4.72 Å². The molecule has 0 saturated carbocycles. The van der Waals surface area contributed by atoms with Gasteiger partial charge in [0.2, 0.25) is 5.13 Å². The Morgan fingerprint density at radius 2 is 2.22 bits per heavy atom. The molecule has 0 aliphatic heterocycles. The van der Waals surface area contributed by atoms with E-state index < -0.39 is 10.0 Å². The van der Waals surface area contributed by atoms with Gasteiger partial charge in [0.25, 0.3) is 10.0 Å². The lowest BCUT2D eigenvalue weighted by Gasteiger charge is -2.06. The summed E-state index contributed by atoms with van der Waals surface area (Å²) in [5.41, 5.74) is 0.190. The van der Waals surface area contributed by atoms with Gasteiger partial charge in [0.15, 0.2) is 0 Å². The number of nitrogens with one attached hydrogen (secondary N) is 1. The number of nitriles is 1. The smallest absolute Gasteiger partial charge is 0.252 e. The van der Waals surface area contributed by atoms with Crippen LogP contribution in [0.15, 0.2) is 23.1 Å². The summed E-state index contributed by atoms with van der Waals surface area (Å²) in [5, 5.41) is 15.5. The van der Waals surface area contributed by atoms with E-state index in [1.165, 1.54) is 18.2 Å². The van der Waals surface area contributed by atoms with Gasteiger partial charge >= 0.3 is 0 Å². The molecular weight excluding hydrogens is 298 g/mol. The number of benzene rings is 1. The molecule has 7 nitrogen and oxygen atoms in total. The first-order chi connectivity index (χ1) is 8.53. The minimum absolute atomic E-state index is 0.0129. The normalized spacial score (nSPS) is 10.9. The standard InChI is InChI=1S/C8H4ClN5O2S2/c9-6-2-1-5(4-10)3-7(6)18(15,16)12-8-11-13-14-17-8/h1-3H,(H,11,12,14). The Morgan fingerprint density at radius 1 is 1.44 bits per heavy atom. The SMILES string of the molecule is N#Cc1ccc(Cl)c(S(=O)(=O)Nc2nnns2)c1. The van der Waals surface area contributed by atoms with Crippen molar-refractivity contribution in [3.63, 3.8) is 0 Å². The molecule has 0 spiro atoms. The fourth-order valence-electron chi connectivity index (χ4n) is 1.12. The van der Waals surface area contributed by atoms with E-state index >= 15 is 0 Å². The van der Waals surface area contributed by atoms with E-state index in [1.54, 1.807) is 0 Å². The molecule has 0 radical (unpaired) electrons. The van der Waals surface area contributed by atoms with Gasteiger partial charge in [-0.2, -0.15) is 5.26 Å². The van der Waals surface area contributed by atoms with Crippen LogP contribution in [0, 0.1) is 11.3 Å². The highest BCUT2D eigenvalue weighted by molar-refractivity contribution is 7.93. The Kier molecular flexibility index (Phi) is 3.42. The molecule has 0 atom stereocenters. The van der Waals surface area contributed by atoms with Crippen LogP contribution in [-0.4, -0.2) is 23.2 Å². The minimum Gasteiger partial charge on any atom is -0.252 e. The predicted molar refractivity (Wildman–Crippen MR) is 64.7 cm³/mol. The molecule has 0 saturated heterocycles. The first-order valence-electron chi connectivity index (χ1n) is 4.40. The summed E-state index contributed by atoms with van der Waals surface area (Å²) in [5.74, 6) is 0. The zero-order valence-corrected chi connectivity index (χ0v) is 10.9. The Hall–Kier alpha value is -1.76. The molecule has 18 heavy (non-hydrogen) atoms. The van der Waals surface area contributed by atoms with Gasteiger partial charge in [-0.3, -0.25) is 4.72 Å². The minimum atomic E-state index is -3.91. The molecule has 0 fully saturated rings. The van der Waals surface area contributed by atoms with Gasteiger partial charge in [-0.05, 0) is 23.4 Å². The number of sulfonamides is 1. The van der Waals surface area contributed by atoms with Crippen molar-refractivity contribution < 1.29 is 8.42 Å². The highest BCUT2D eigenvalue weighted by Crippen LogP contribution is 2.24. The third-order valence-electron chi connectivity index (χ3n) is 1.87. The van der Waals surface area contributed by atoms with Crippen LogP contribution in [0.25, 0.3) is 0 Å². The molecule has 0 amide bonds. The molecule has 1 aromatic carbocycles. The van der Waals surface area contributed by atoms with Crippen LogP contribution in [0.5, 0.6) is 0 Å². The molecule has 10 heteroatoms. The topological polar surface area (TPSA) is 109 Å². The lowest BCUT2D eigenvalue weighted by atomic mass is 10.2. The first-order valence-corrected chi connectivity index (χ1v) is 7.04. The van der Waals surface area contributed by atoms with Crippen molar-refractivity contribution in [3.8, 4) is 6.07 Å². The van der Waals surface area contributed by atoms with Crippen molar-refractivity contribution in [2.45, 2.75) is 4.90 Å². The highest BCUT2D eigenvalue weighted by atomic mass is 35.5. The maximum Gasteiger partial charge on any atom is 0.265 e. The van der Waals surface area contributed by atoms with Crippen molar-refractivity contribution in [1.82, 2.24) is 14.8 Å². The summed E-state index contributed by atoms with van der Waals surface area (Å²) >= 11 is 6.59. The van der Waals surface area contributed by atoms with Crippen molar-refractivity contribution in [1.29, 1.82) is 5.26 Å². The van der Waals surface area contributed by atoms with Crippen molar-refractivity contribution in [3.05, 3.63) is 28.8 Å². The monoisotopic (exact) mass is 301 g/mol. The van der Waals surface area contributed by atoms with Gasteiger partial charge in [0.1, 0.15) is 4.90 Å². The molecular formula is C8H4ClN5O2S2. The fourth-order valence-corrected chi connectivity index (χ4v) is 3.23. The average Bonchev–Trinajstić information content (AvgIpc) is 2.81. The van der Waals surface area contributed by atoms with Gasteiger partial charge < -0.3 is 0 Å². The van der Waals surface area contributed by atoms with Crippen LogP contribution in [0.3, 0.4) is 0 Å². The van der Waals surface area contributed by atoms with Crippen LogP contribution < -0.4 is 4.72 Å². The number of hydrogen-bond acceptors (Lipinski definition) is 7. The third kappa shape index (κ3) is 2.56. The second-order valence-electron chi connectivity index (χ2n) is 3.03. The zero-order chi connectivity index (χ0) is 13.2. The average molecular weight is 302 g/mol. The number of anilines is 1. The van der Waals surface area contributed by atoms with Crippen molar-refractivity contribution >= 4 is 38.3 Å². The first kappa shape index (κ1) is 12.7. The second-order valence-corrected chi connectivity index (χ2v) is 5.82. The van der Waals surface area contributed by atoms with E-state index in [1.807, 2.05) is 6.07 Å². The maximum absolute atomic E-state index is 12.0. The number of rotatable bonds is 3. The Balaban J connectivity index is 2.44. The summed E-state index contributed by atoms with van der Waals surface area (Å²) in [4.78, 5) is -0.196. The van der Waals surface area contributed by atoms with E-state index in [2.05, 4.69) is 19.5 Å². The van der Waals surface area contributed by atoms with Crippen LogP contribution >= 0.6 is 23.1 Å². The summed E-state index contributed by atoms with van der Waals surface area (Å²) in [7, 11) is -3.91. The second kappa shape index (κ2) is 4.85. The molecule has 0 aliphatic rings. The van der Waals surface area contributed by atoms with Gasteiger partial charge in [0, 0.05) is 11.5 Å². The zero-order valence-electron chi connectivity index (χ0n) is 8.53. The molecule has 0 bridgehead atoms. The van der Waals surface area contributed by atoms with Crippen LogP contribution in [0.1, 0.15) is 5.56 Å². The van der Waals surface area contributed by atoms with Crippen LogP contribution in [0.2, 0.25) is 5.02 Å². The molecule has 1 aromatic heterocycles. The van der Waals surface area contributed by atoms with Crippen LogP contribution in [-0.2, 0) is 10.0 Å². The number of hydrogen-bond donors (Lipinski definition) is 1. The quantitative estimate of drug-likeness (QED) is 0.914. The molecule has 0 aliphatic carbocycles. The third-order valence-corrected chi connectivity index (χ3v) is 4.33. The number of nitrogens with zero attached hydrogens (tertiary/aromatic N) is 4. The lowest BCUT2D eigenvalue weighted by Crippen LogP contribution is -2.13. The molecule has 1 N–H and O–H groups in total. The van der Waals surface area contributed by atoms with Crippen molar-refractivity contribution in [2.24, 2.45) is 0 Å². The lowest BCUT2D eigenvalue weighted by molar-refractivity contribution is 0.601. The molecule has 2 aromatic rings. The summed E-state index contributed by atoms with van der Waals surface area (Å²) < 4.78 is 29.6. The molecule has 0 unspecified atom stereocenters. The highest BCUT2D eigenvalue weighted by Gasteiger charge is 2.20. The van der Waals surface area contributed by atoms with E-state index in [9.17, 15) is 8.42 Å². The summed E-state index contributed by atoms with van der Waals surface area (Å²) in [6, 6.07) is 5.78. The van der Waals surface area contributed by atoms with Crippen LogP contribution in [0.4, 0.5) is 5.13 Å². The number of aromatic nitrogens is 3. The molecule has 1 heterocycles. The van der Waals surface area contributed by atoms with E-state index in [0.717, 1.165) is 11.5 Å². The Labute approximate surface area is 111 Å². The van der Waals surface area contributed by atoms with E-state index in [0.29, 0.717) is 0 Å². The van der Waals surface area contributed by atoms with Gasteiger partial charge in [-0.15, -0.1) is 0 Å². The molecule has 2 rings (SSSR count). The van der Waals surface area contributed by atoms with E-state index in [-0.39, 0.29) is 20.6 Å². The Bertz CT molecular complexity index is 708. The van der Waals surface area contributed by atoms with Gasteiger partial charge in [-0.1, -0.05) is 21.2 Å². The Morgan fingerprint density at radius 3 is 2.83 bits per heavy atom. The summed E-state index contributed by atoms with van der Waals surface area (Å²) in [6.07, 6.45) is 0. The molecule has 92 valence electrons. The number of halogens is 1. The largest absolute Gasteiger partial charge is 0.265 e. The van der Waals surface area contributed by atoms with E-state index in [4.69, 9.17) is 16.9 Å².